The molecule has 0 radical (unpaired) electrons. The zero-order chi connectivity index (χ0) is 13.4. The van der Waals surface area contributed by atoms with Gasteiger partial charge in [0.1, 0.15) is 0 Å². The summed E-state index contributed by atoms with van der Waals surface area (Å²) in [6.07, 6.45) is 3.48. The van der Waals surface area contributed by atoms with Crippen LogP contribution in [-0.4, -0.2) is 24.4 Å². The summed E-state index contributed by atoms with van der Waals surface area (Å²) in [6.45, 7) is 2.25. The van der Waals surface area contributed by atoms with Crippen molar-refractivity contribution in [2.75, 3.05) is 0 Å². The van der Waals surface area contributed by atoms with E-state index in [2.05, 4.69) is 15.3 Å². The molecule has 0 aliphatic carbocycles. The van der Waals surface area contributed by atoms with Crippen molar-refractivity contribution in [1.82, 2.24) is 24.4 Å². The zero-order valence-electron chi connectivity index (χ0n) is 10.2. The first kappa shape index (κ1) is 12.0. The topological polar surface area (TPSA) is 91.1 Å². The summed E-state index contributed by atoms with van der Waals surface area (Å²) in [5.41, 5.74) is 7.01. The van der Waals surface area contributed by atoms with E-state index < -0.39 is 0 Å². The van der Waals surface area contributed by atoms with Crippen LogP contribution >= 0.6 is 11.3 Å². The van der Waals surface area contributed by atoms with Gasteiger partial charge in [-0.1, -0.05) is 5.21 Å². The van der Waals surface area contributed by atoms with Crippen molar-refractivity contribution in [3.63, 3.8) is 0 Å². The first-order chi connectivity index (χ1) is 9.13. The predicted molar refractivity (Wildman–Crippen MR) is 71.1 cm³/mol. The van der Waals surface area contributed by atoms with Crippen LogP contribution in [0, 0.1) is 0 Å². The molecule has 0 saturated heterocycles. The summed E-state index contributed by atoms with van der Waals surface area (Å²) in [6, 6.07) is 1.35. The molecule has 3 heterocycles. The Hall–Kier alpha value is -2.06. The highest BCUT2D eigenvalue weighted by molar-refractivity contribution is 7.15. The minimum absolute atomic E-state index is 0.0891. The number of aromatic nitrogens is 5. The average Bonchev–Trinajstić information content (AvgIpc) is 2.97. The number of rotatable bonds is 3. The lowest BCUT2D eigenvalue weighted by molar-refractivity contribution is 0.637. The molecule has 0 fully saturated rings. The molecule has 0 aliphatic rings. The smallest absolute Gasteiger partial charge is 0.258 e. The molecule has 3 aromatic heterocycles. The van der Waals surface area contributed by atoms with E-state index in [1.807, 2.05) is 12.3 Å². The summed E-state index contributed by atoms with van der Waals surface area (Å²) in [4.78, 5) is 16.9. The zero-order valence-corrected chi connectivity index (χ0v) is 11.0. The van der Waals surface area contributed by atoms with Gasteiger partial charge in [0.2, 0.25) is 0 Å². The van der Waals surface area contributed by atoms with E-state index >= 15 is 0 Å². The van der Waals surface area contributed by atoms with E-state index in [0.29, 0.717) is 22.9 Å². The maximum atomic E-state index is 11.8. The van der Waals surface area contributed by atoms with Crippen molar-refractivity contribution in [3.05, 3.63) is 45.6 Å². The van der Waals surface area contributed by atoms with Crippen molar-refractivity contribution in [2.24, 2.45) is 5.73 Å². The summed E-state index contributed by atoms with van der Waals surface area (Å²) in [7, 11) is 0. The van der Waals surface area contributed by atoms with Crippen LogP contribution in [0.5, 0.6) is 0 Å². The normalized spacial score (nSPS) is 12.9. The van der Waals surface area contributed by atoms with E-state index in [1.54, 1.807) is 17.1 Å². The Kier molecular flexibility index (Phi) is 2.88. The molecule has 3 rings (SSSR count). The molecule has 7 nitrogen and oxygen atoms in total. The minimum atomic E-state index is -0.160. The van der Waals surface area contributed by atoms with Gasteiger partial charge in [-0.2, -0.15) is 0 Å². The molecule has 1 atom stereocenters. The number of hydrogen-bond donors (Lipinski definition) is 1. The summed E-state index contributed by atoms with van der Waals surface area (Å²) < 4.78 is 3.15. The second-order valence-corrected chi connectivity index (χ2v) is 5.14. The molecule has 0 saturated carbocycles. The van der Waals surface area contributed by atoms with Gasteiger partial charge in [0.25, 0.3) is 5.56 Å². The van der Waals surface area contributed by atoms with Gasteiger partial charge in [0.15, 0.2) is 4.96 Å². The van der Waals surface area contributed by atoms with Crippen LogP contribution in [0.1, 0.15) is 24.4 Å². The van der Waals surface area contributed by atoms with Crippen molar-refractivity contribution < 1.29 is 0 Å². The molecule has 1 unspecified atom stereocenters. The average molecular weight is 276 g/mol. The third kappa shape index (κ3) is 2.27. The molecule has 98 valence electrons. The van der Waals surface area contributed by atoms with Gasteiger partial charge < -0.3 is 5.73 Å². The van der Waals surface area contributed by atoms with Crippen molar-refractivity contribution >= 4 is 16.3 Å². The molecule has 0 spiro atoms. The lowest BCUT2D eigenvalue weighted by atomic mass is 10.3. The van der Waals surface area contributed by atoms with Crippen LogP contribution in [0.25, 0.3) is 4.96 Å². The second kappa shape index (κ2) is 4.56. The third-order valence-corrected chi connectivity index (χ3v) is 3.46. The Morgan fingerprint density at radius 2 is 2.37 bits per heavy atom. The standard InChI is InChI=1S/C11H12N6OS/c1-7(12)9-6-16(15-14-9)5-8-4-10(18)17-2-3-19-11(17)13-8/h2-4,6-7H,5,12H2,1H3. The summed E-state index contributed by atoms with van der Waals surface area (Å²) in [5.74, 6) is 0. The Morgan fingerprint density at radius 1 is 1.53 bits per heavy atom. The van der Waals surface area contributed by atoms with E-state index in [-0.39, 0.29) is 11.6 Å². The van der Waals surface area contributed by atoms with Crippen molar-refractivity contribution in [3.8, 4) is 0 Å². The molecule has 0 bridgehead atoms. The predicted octanol–water partition coefficient (Wildman–Crippen LogP) is 0.415. The molecule has 2 N–H and O–H groups in total. The first-order valence-electron chi connectivity index (χ1n) is 5.75. The first-order valence-corrected chi connectivity index (χ1v) is 6.63. The highest BCUT2D eigenvalue weighted by Gasteiger charge is 2.08. The number of fused-ring (bicyclic) bond motifs is 1. The van der Waals surface area contributed by atoms with Crippen LogP contribution in [0.15, 0.2) is 28.6 Å². The maximum absolute atomic E-state index is 11.8. The highest BCUT2D eigenvalue weighted by atomic mass is 32.1. The molecule has 19 heavy (non-hydrogen) atoms. The third-order valence-electron chi connectivity index (χ3n) is 2.70. The fourth-order valence-electron chi connectivity index (χ4n) is 1.73. The minimum Gasteiger partial charge on any atom is -0.323 e. The number of nitrogens with two attached hydrogens (primary N) is 1. The molecule has 0 aliphatic heterocycles. The molecular formula is C11H12N6OS. The van der Waals surface area contributed by atoms with Crippen molar-refractivity contribution in [1.29, 1.82) is 0 Å². The van der Waals surface area contributed by atoms with Crippen molar-refractivity contribution in [2.45, 2.75) is 19.5 Å². The Labute approximate surface area is 112 Å². The summed E-state index contributed by atoms with van der Waals surface area (Å²) >= 11 is 1.42. The van der Waals surface area contributed by atoms with Gasteiger partial charge in [-0.3, -0.25) is 9.20 Å². The van der Waals surface area contributed by atoms with E-state index in [9.17, 15) is 4.79 Å². The lowest BCUT2D eigenvalue weighted by Crippen LogP contribution is -2.14. The van der Waals surface area contributed by atoms with E-state index in [4.69, 9.17) is 5.73 Å². The molecule has 0 aromatic carbocycles. The molecule has 8 heteroatoms. The van der Waals surface area contributed by atoms with Crippen LogP contribution < -0.4 is 11.3 Å². The fraction of sp³-hybridized carbons (Fsp3) is 0.273. The van der Waals surface area contributed by atoms with Gasteiger partial charge in [0, 0.05) is 23.7 Å². The molecule has 0 amide bonds. The SMILES string of the molecule is CC(N)c1cn(Cc2cc(=O)n3ccsc3n2)nn1. The van der Waals surface area contributed by atoms with E-state index in [0.717, 1.165) is 0 Å². The molecular weight excluding hydrogens is 264 g/mol. The second-order valence-electron chi connectivity index (χ2n) is 4.27. The van der Waals surface area contributed by atoms with Gasteiger partial charge in [-0.05, 0) is 6.92 Å². The fourth-order valence-corrected chi connectivity index (χ4v) is 2.47. The number of hydrogen-bond acceptors (Lipinski definition) is 6. The number of thiazole rings is 1. The van der Waals surface area contributed by atoms with Crippen LogP contribution in [0.3, 0.4) is 0 Å². The maximum Gasteiger partial charge on any atom is 0.258 e. The van der Waals surface area contributed by atoms with Crippen LogP contribution in [0.2, 0.25) is 0 Å². The lowest BCUT2D eigenvalue weighted by Gasteiger charge is -2.00. The highest BCUT2D eigenvalue weighted by Crippen LogP contribution is 2.08. The Bertz CT molecular complexity index is 771. The van der Waals surface area contributed by atoms with Crippen LogP contribution in [-0.2, 0) is 6.54 Å². The Morgan fingerprint density at radius 3 is 3.11 bits per heavy atom. The summed E-state index contributed by atoms with van der Waals surface area (Å²) in [5, 5.41) is 9.77. The van der Waals surface area contributed by atoms with Gasteiger partial charge in [0.05, 0.1) is 24.1 Å². The Balaban J connectivity index is 1.93. The monoisotopic (exact) mass is 276 g/mol. The van der Waals surface area contributed by atoms with Gasteiger partial charge in [-0.25, -0.2) is 9.67 Å². The van der Waals surface area contributed by atoms with Gasteiger partial charge >= 0.3 is 0 Å². The largest absolute Gasteiger partial charge is 0.323 e. The quantitative estimate of drug-likeness (QED) is 0.748. The number of nitrogens with zero attached hydrogens (tertiary/aromatic N) is 5. The van der Waals surface area contributed by atoms with E-state index in [1.165, 1.54) is 21.8 Å². The molecule has 3 aromatic rings. The van der Waals surface area contributed by atoms with Gasteiger partial charge in [-0.15, -0.1) is 16.4 Å². The van der Waals surface area contributed by atoms with Crippen LogP contribution in [0.4, 0.5) is 0 Å².